The molecule has 0 fully saturated rings. The molecule has 0 aromatic heterocycles. The number of esters is 1. The first-order valence-corrected chi connectivity index (χ1v) is 7.07. The summed E-state index contributed by atoms with van der Waals surface area (Å²) in [6.07, 6.45) is -0.262. The zero-order valence-corrected chi connectivity index (χ0v) is 12.2. The van der Waals surface area contributed by atoms with Crippen molar-refractivity contribution >= 4 is 11.8 Å². The summed E-state index contributed by atoms with van der Waals surface area (Å²) in [4.78, 5) is 23.2. The van der Waals surface area contributed by atoms with Crippen LogP contribution < -0.4 is 0 Å². The van der Waals surface area contributed by atoms with Gasteiger partial charge in [-0.25, -0.2) is 0 Å². The standard InChI is InChI=1S/C18H18O4/c19-17(14-21-12-15-7-3-1-4-8-15)11-18(20)22-13-16-9-5-2-6-10-16/h1-10H,11-14H2. The molecule has 0 amide bonds. The van der Waals surface area contributed by atoms with E-state index in [4.69, 9.17) is 9.47 Å². The van der Waals surface area contributed by atoms with Gasteiger partial charge in [0, 0.05) is 0 Å². The number of carbonyl (C=O) groups is 2. The summed E-state index contributed by atoms with van der Waals surface area (Å²) in [7, 11) is 0. The lowest BCUT2D eigenvalue weighted by molar-refractivity contribution is -0.148. The quantitative estimate of drug-likeness (QED) is 0.555. The molecule has 0 aliphatic heterocycles. The SMILES string of the molecule is O=C(COCc1ccccc1)CC(=O)OCc1ccccc1. The van der Waals surface area contributed by atoms with Gasteiger partial charge in [-0.05, 0) is 11.1 Å². The van der Waals surface area contributed by atoms with Gasteiger partial charge in [0.2, 0.25) is 0 Å². The first kappa shape index (κ1) is 15.9. The van der Waals surface area contributed by atoms with E-state index >= 15 is 0 Å². The molecular formula is C18H18O4. The highest BCUT2D eigenvalue weighted by atomic mass is 16.5. The maximum atomic E-state index is 11.6. The maximum absolute atomic E-state index is 11.6. The first-order chi connectivity index (χ1) is 10.7. The molecule has 0 saturated carbocycles. The van der Waals surface area contributed by atoms with Gasteiger partial charge in [-0.3, -0.25) is 9.59 Å². The molecule has 0 atom stereocenters. The number of ether oxygens (including phenoxy) is 2. The molecule has 0 aliphatic rings. The number of Topliss-reactive ketones (excluding diaryl/α,β-unsaturated/α-hetero) is 1. The molecule has 22 heavy (non-hydrogen) atoms. The summed E-state index contributed by atoms with van der Waals surface area (Å²) in [5.41, 5.74) is 1.88. The molecule has 2 aromatic rings. The number of hydrogen-bond donors (Lipinski definition) is 0. The highest BCUT2D eigenvalue weighted by Gasteiger charge is 2.11. The molecule has 0 N–H and O–H groups in total. The minimum absolute atomic E-state index is 0.0880. The minimum atomic E-state index is -0.530. The van der Waals surface area contributed by atoms with Crippen molar-refractivity contribution in [1.82, 2.24) is 0 Å². The Kier molecular flexibility index (Phi) is 6.33. The summed E-state index contributed by atoms with van der Waals surface area (Å²) in [6, 6.07) is 18.9. The molecule has 0 heterocycles. The van der Waals surface area contributed by atoms with E-state index in [1.165, 1.54) is 0 Å². The number of hydrogen-bond acceptors (Lipinski definition) is 4. The first-order valence-electron chi connectivity index (χ1n) is 7.07. The zero-order valence-electron chi connectivity index (χ0n) is 12.2. The minimum Gasteiger partial charge on any atom is -0.460 e. The second-order valence-electron chi connectivity index (χ2n) is 4.84. The van der Waals surface area contributed by atoms with Crippen LogP contribution in [0.2, 0.25) is 0 Å². The van der Waals surface area contributed by atoms with Crippen molar-refractivity contribution in [2.45, 2.75) is 19.6 Å². The van der Waals surface area contributed by atoms with Gasteiger partial charge >= 0.3 is 5.97 Å². The lowest BCUT2D eigenvalue weighted by atomic mass is 10.2. The van der Waals surface area contributed by atoms with Gasteiger partial charge in [0.1, 0.15) is 19.6 Å². The molecule has 4 heteroatoms. The highest BCUT2D eigenvalue weighted by molar-refractivity contribution is 5.96. The van der Waals surface area contributed by atoms with Crippen LogP contribution in [0.25, 0.3) is 0 Å². The van der Waals surface area contributed by atoms with Crippen LogP contribution in [0.4, 0.5) is 0 Å². The third-order valence-corrected chi connectivity index (χ3v) is 2.96. The van der Waals surface area contributed by atoms with E-state index in [9.17, 15) is 9.59 Å². The number of ketones is 1. The van der Waals surface area contributed by atoms with Crippen molar-refractivity contribution in [3.63, 3.8) is 0 Å². The number of rotatable bonds is 8. The fourth-order valence-corrected chi connectivity index (χ4v) is 1.86. The number of benzene rings is 2. The van der Waals surface area contributed by atoms with Gasteiger partial charge in [-0.15, -0.1) is 0 Å². The van der Waals surface area contributed by atoms with Crippen LogP contribution in [-0.4, -0.2) is 18.4 Å². The zero-order chi connectivity index (χ0) is 15.6. The van der Waals surface area contributed by atoms with E-state index in [2.05, 4.69) is 0 Å². The summed E-state index contributed by atoms with van der Waals surface area (Å²) in [6.45, 7) is 0.443. The van der Waals surface area contributed by atoms with Gasteiger partial charge in [0.05, 0.1) is 6.61 Å². The van der Waals surface area contributed by atoms with Crippen LogP contribution >= 0.6 is 0 Å². The molecule has 0 unspecified atom stereocenters. The Morgan fingerprint density at radius 3 is 1.91 bits per heavy atom. The Morgan fingerprint density at radius 2 is 1.32 bits per heavy atom. The third-order valence-electron chi connectivity index (χ3n) is 2.96. The molecule has 2 rings (SSSR count). The summed E-state index contributed by atoms with van der Waals surface area (Å²) < 4.78 is 10.3. The highest BCUT2D eigenvalue weighted by Crippen LogP contribution is 2.03. The van der Waals surface area contributed by atoms with E-state index < -0.39 is 5.97 Å². The van der Waals surface area contributed by atoms with Crippen LogP contribution in [0.1, 0.15) is 17.5 Å². The van der Waals surface area contributed by atoms with E-state index in [0.717, 1.165) is 11.1 Å². The van der Waals surface area contributed by atoms with Crippen molar-refractivity contribution in [3.05, 3.63) is 71.8 Å². The van der Waals surface area contributed by atoms with Gasteiger partial charge in [-0.1, -0.05) is 60.7 Å². The van der Waals surface area contributed by atoms with Crippen LogP contribution in [0.3, 0.4) is 0 Å². The van der Waals surface area contributed by atoms with Crippen LogP contribution in [-0.2, 0) is 32.3 Å². The Bertz CT molecular complexity index is 593. The monoisotopic (exact) mass is 298 g/mol. The Balaban J connectivity index is 1.63. The van der Waals surface area contributed by atoms with E-state index in [0.29, 0.717) is 6.61 Å². The van der Waals surface area contributed by atoms with Crippen molar-refractivity contribution < 1.29 is 19.1 Å². The fourth-order valence-electron chi connectivity index (χ4n) is 1.86. The lowest BCUT2D eigenvalue weighted by Crippen LogP contribution is -2.15. The van der Waals surface area contributed by atoms with E-state index in [1.54, 1.807) is 0 Å². The van der Waals surface area contributed by atoms with Crippen molar-refractivity contribution in [2.75, 3.05) is 6.61 Å². The lowest BCUT2D eigenvalue weighted by Gasteiger charge is -2.05. The fraction of sp³-hybridized carbons (Fsp3) is 0.222. The predicted molar refractivity (Wildman–Crippen MR) is 82.0 cm³/mol. The van der Waals surface area contributed by atoms with Crippen LogP contribution in [0.5, 0.6) is 0 Å². The van der Waals surface area contributed by atoms with Crippen molar-refractivity contribution in [2.24, 2.45) is 0 Å². The summed E-state index contributed by atoms with van der Waals surface area (Å²) >= 11 is 0. The van der Waals surface area contributed by atoms with Gasteiger partial charge in [0.25, 0.3) is 0 Å². The Hall–Kier alpha value is -2.46. The molecule has 0 bridgehead atoms. The summed E-state index contributed by atoms with van der Waals surface area (Å²) in [5, 5.41) is 0. The van der Waals surface area contributed by atoms with Gasteiger partial charge in [0.15, 0.2) is 5.78 Å². The average Bonchev–Trinajstić information content (AvgIpc) is 2.55. The molecule has 0 radical (unpaired) electrons. The largest absolute Gasteiger partial charge is 0.460 e. The molecule has 4 nitrogen and oxygen atoms in total. The molecule has 0 aliphatic carbocycles. The van der Waals surface area contributed by atoms with Crippen molar-refractivity contribution in [1.29, 1.82) is 0 Å². The summed E-state index contributed by atoms with van der Waals surface area (Å²) in [5.74, 6) is -0.814. The number of carbonyl (C=O) groups excluding carboxylic acids is 2. The smallest absolute Gasteiger partial charge is 0.313 e. The van der Waals surface area contributed by atoms with Crippen molar-refractivity contribution in [3.8, 4) is 0 Å². The van der Waals surface area contributed by atoms with Crippen LogP contribution in [0.15, 0.2) is 60.7 Å². The third kappa shape index (κ3) is 5.89. The molecule has 0 saturated heterocycles. The normalized spacial score (nSPS) is 10.2. The van der Waals surface area contributed by atoms with Gasteiger partial charge in [-0.2, -0.15) is 0 Å². The molecule has 0 spiro atoms. The van der Waals surface area contributed by atoms with Crippen LogP contribution in [0, 0.1) is 0 Å². The van der Waals surface area contributed by atoms with E-state index in [1.807, 2.05) is 60.7 Å². The molecule has 2 aromatic carbocycles. The Morgan fingerprint density at radius 1 is 0.773 bits per heavy atom. The predicted octanol–water partition coefficient (Wildman–Crippen LogP) is 2.91. The topological polar surface area (TPSA) is 52.6 Å². The average molecular weight is 298 g/mol. The molecule has 114 valence electrons. The van der Waals surface area contributed by atoms with E-state index in [-0.39, 0.29) is 25.4 Å². The second kappa shape index (κ2) is 8.74. The molecular weight excluding hydrogens is 280 g/mol. The second-order valence-corrected chi connectivity index (χ2v) is 4.84. The Labute approximate surface area is 129 Å². The maximum Gasteiger partial charge on any atom is 0.313 e. The van der Waals surface area contributed by atoms with Gasteiger partial charge < -0.3 is 9.47 Å².